The summed E-state index contributed by atoms with van der Waals surface area (Å²) in [6.45, 7) is 4.19. The lowest BCUT2D eigenvalue weighted by Crippen LogP contribution is -2.34. The first-order valence-electron chi connectivity index (χ1n) is 6.14. The largest absolute Gasteiger partial charge is 0.351 e. The van der Waals surface area contributed by atoms with Crippen LogP contribution < -0.4 is 21.7 Å². The van der Waals surface area contributed by atoms with E-state index in [1.807, 2.05) is 26.0 Å². The van der Waals surface area contributed by atoms with Crippen molar-refractivity contribution in [2.45, 2.75) is 26.4 Å². The maximum Gasteiger partial charge on any atom is 0.319 e. The average molecular weight is 264 g/mol. The van der Waals surface area contributed by atoms with Crippen molar-refractivity contribution in [3.8, 4) is 0 Å². The van der Waals surface area contributed by atoms with Gasteiger partial charge < -0.3 is 21.7 Å². The molecule has 0 aliphatic carbocycles. The van der Waals surface area contributed by atoms with E-state index in [9.17, 15) is 9.59 Å². The van der Waals surface area contributed by atoms with Gasteiger partial charge in [-0.25, -0.2) is 4.79 Å². The van der Waals surface area contributed by atoms with Crippen LogP contribution in [0.1, 0.15) is 19.4 Å². The van der Waals surface area contributed by atoms with Gasteiger partial charge in [-0.15, -0.1) is 0 Å². The molecular formula is C13H20N4O2. The zero-order valence-corrected chi connectivity index (χ0v) is 11.2. The van der Waals surface area contributed by atoms with Gasteiger partial charge in [0, 0.05) is 18.3 Å². The number of amides is 3. The third-order valence-electron chi connectivity index (χ3n) is 2.31. The highest BCUT2D eigenvalue weighted by Crippen LogP contribution is 2.09. The van der Waals surface area contributed by atoms with Crippen LogP contribution >= 0.6 is 0 Å². The van der Waals surface area contributed by atoms with Crippen molar-refractivity contribution in [3.63, 3.8) is 0 Å². The molecule has 0 heterocycles. The van der Waals surface area contributed by atoms with Gasteiger partial charge in [0.1, 0.15) is 0 Å². The lowest BCUT2D eigenvalue weighted by atomic mass is 10.2. The molecule has 0 radical (unpaired) electrons. The van der Waals surface area contributed by atoms with E-state index in [1.54, 1.807) is 12.1 Å². The van der Waals surface area contributed by atoms with Gasteiger partial charge in [0.05, 0.1) is 6.54 Å². The van der Waals surface area contributed by atoms with Gasteiger partial charge in [-0.05, 0) is 31.5 Å². The molecular weight excluding hydrogens is 244 g/mol. The van der Waals surface area contributed by atoms with E-state index < -0.39 is 0 Å². The van der Waals surface area contributed by atoms with Crippen LogP contribution in [0.2, 0.25) is 0 Å². The number of urea groups is 1. The minimum absolute atomic E-state index is 0.0188. The van der Waals surface area contributed by atoms with Gasteiger partial charge in [0.2, 0.25) is 5.91 Å². The van der Waals surface area contributed by atoms with Crippen LogP contribution in [0, 0.1) is 0 Å². The number of nitrogens with one attached hydrogen (secondary N) is 3. The van der Waals surface area contributed by atoms with Crippen molar-refractivity contribution in [1.82, 2.24) is 10.6 Å². The van der Waals surface area contributed by atoms with Gasteiger partial charge in [-0.3, -0.25) is 4.79 Å². The Morgan fingerprint density at radius 1 is 1.21 bits per heavy atom. The number of hydrogen-bond donors (Lipinski definition) is 4. The molecule has 0 saturated carbocycles. The normalized spacial score (nSPS) is 10.1. The number of nitrogens with two attached hydrogens (primary N) is 1. The SMILES string of the molecule is CC(C)NC(=O)Nc1ccc(CNC(=O)CN)cc1. The first-order chi connectivity index (χ1) is 9.01. The number of rotatable bonds is 5. The van der Waals surface area contributed by atoms with Crippen molar-refractivity contribution in [1.29, 1.82) is 0 Å². The van der Waals surface area contributed by atoms with Crippen LogP contribution in [0.15, 0.2) is 24.3 Å². The lowest BCUT2D eigenvalue weighted by molar-refractivity contribution is -0.119. The Bertz CT molecular complexity index is 429. The predicted octanol–water partition coefficient (Wildman–Crippen LogP) is 0.791. The molecule has 0 atom stereocenters. The summed E-state index contributed by atoms with van der Waals surface area (Å²) in [6.07, 6.45) is 0. The fourth-order valence-electron chi connectivity index (χ4n) is 1.41. The summed E-state index contributed by atoms with van der Waals surface area (Å²) >= 11 is 0. The van der Waals surface area contributed by atoms with Gasteiger partial charge in [0.15, 0.2) is 0 Å². The van der Waals surface area contributed by atoms with Crippen LogP contribution in [0.3, 0.4) is 0 Å². The second-order valence-corrected chi connectivity index (χ2v) is 4.43. The molecule has 0 unspecified atom stereocenters. The Balaban J connectivity index is 2.47. The Morgan fingerprint density at radius 3 is 2.37 bits per heavy atom. The molecule has 0 bridgehead atoms. The molecule has 5 N–H and O–H groups in total. The quantitative estimate of drug-likeness (QED) is 0.633. The zero-order valence-electron chi connectivity index (χ0n) is 11.2. The summed E-state index contributed by atoms with van der Waals surface area (Å²) in [5.41, 5.74) is 6.83. The molecule has 3 amide bonds. The Morgan fingerprint density at radius 2 is 1.84 bits per heavy atom. The van der Waals surface area contributed by atoms with E-state index in [0.29, 0.717) is 12.2 Å². The topological polar surface area (TPSA) is 96.2 Å². The summed E-state index contributed by atoms with van der Waals surface area (Å²) in [7, 11) is 0. The molecule has 0 spiro atoms. The van der Waals surface area contributed by atoms with Crippen molar-refractivity contribution in [2.24, 2.45) is 5.73 Å². The molecule has 6 nitrogen and oxygen atoms in total. The first-order valence-corrected chi connectivity index (χ1v) is 6.14. The summed E-state index contributed by atoms with van der Waals surface area (Å²) in [5, 5.41) is 8.12. The van der Waals surface area contributed by atoms with Crippen molar-refractivity contribution in [2.75, 3.05) is 11.9 Å². The van der Waals surface area contributed by atoms with Crippen molar-refractivity contribution >= 4 is 17.6 Å². The molecule has 0 saturated heterocycles. The molecule has 1 rings (SSSR count). The maximum atomic E-state index is 11.5. The fourth-order valence-corrected chi connectivity index (χ4v) is 1.41. The summed E-state index contributed by atoms with van der Waals surface area (Å²) in [5.74, 6) is -0.196. The number of benzene rings is 1. The Hall–Kier alpha value is -2.08. The van der Waals surface area contributed by atoms with E-state index in [1.165, 1.54) is 0 Å². The molecule has 1 aromatic rings. The van der Waals surface area contributed by atoms with Crippen LogP contribution in [0.4, 0.5) is 10.5 Å². The zero-order chi connectivity index (χ0) is 14.3. The van der Waals surface area contributed by atoms with Crippen LogP contribution in [0.25, 0.3) is 0 Å². The molecule has 0 aromatic heterocycles. The molecule has 6 heteroatoms. The highest BCUT2D eigenvalue weighted by atomic mass is 16.2. The Labute approximate surface area is 112 Å². The van der Waals surface area contributed by atoms with E-state index in [4.69, 9.17) is 5.73 Å². The van der Waals surface area contributed by atoms with Crippen LogP contribution in [-0.4, -0.2) is 24.5 Å². The highest BCUT2D eigenvalue weighted by molar-refractivity contribution is 5.89. The Kier molecular flexibility index (Phi) is 5.81. The lowest BCUT2D eigenvalue weighted by Gasteiger charge is -2.10. The monoisotopic (exact) mass is 264 g/mol. The van der Waals surface area contributed by atoms with Crippen molar-refractivity contribution < 1.29 is 9.59 Å². The van der Waals surface area contributed by atoms with E-state index in [0.717, 1.165) is 5.56 Å². The average Bonchev–Trinajstić information content (AvgIpc) is 2.36. The fraction of sp³-hybridized carbons (Fsp3) is 0.385. The third kappa shape index (κ3) is 5.87. The molecule has 19 heavy (non-hydrogen) atoms. The van der Waals surface area contributed by atoms with Crippen molar-refractivity contribution in [3.05, 3.63) is 29.8 Å². The molecule has 1 aromatic carbocycles. The summed E-state index contributed by atoms with van der Waals surface area (Å²) < 4.78 is 0. The van der Waals surface area contributed by atoms with Gasteiger partial charge in [-0.1, -0.05) is 12.1 Å². The predicted molar refractivity (Wildman–Crippen MR) is 74.6 cm³/mol. The number of carbonyl (C=O) groups is 2. The molecule has 0 aliphatic rings. The van der Waals surface area contributed by atoms with Gasteiger partial charge in [-0.2, -0.15) is 0 Å². The number of carbonyl (C=O) groups excluding carboxylic acids is 2. The summed E-state index contributed by atoms with van der Waals surface area (Å²) in [4.78, 5) is 22.5. The maximum absolute atomic E-state index is 11.5. The van der Waals surface area contributed by atoms with E-state index in [2.05, 4.69) is 16.0 Å². The molecule has 0 fully saturated rings. The molecule has 0 aliphatic heterocycles. The minimum atomic E-state index is -0.237. The first kappa shape index (κ1) is 15.0. The van der Waals surface area contributed by atoms with Crippen LogP contribution in [-0.2, 0) is 11.3 Å². The molecule has 104 valence electrons. The standard InChI is InChI=1S/C13H20N4O2/c1-9(2)16-13(19)17-11-5-3-10(4-6-11)8-15-12(18)7-14/h3-6,9H,7-8,14H2,1-2H3,(H,15,18)(H2,16,17,19). The second-order valence-electron chi connectivity index (χ2n) is 4.43. The van der Waals surface area contributed by atoms with Crippen LogP contribution in [0.5, 0.6) is 0 Å². The second kappa shape index (κ2) is 7.38. The summed E-state index contributed by atoms with van der Waals surface area (Å²) in [6, 6.07) is 7.09. The minimum Gasteiger partial charge on any atom is -0.351 e. The third-order valence-corrected chi connectivity index (χ3v) is 2.31. The van der Waals surface area contributed by atoms with E-state index in [-0.39, 0.29) is 24.5 Å². The number of hydrogen-bond acceptors (Lipinski definition) is 3. The number of anilines is 1. The smallest absolute Gasteiger partial charge is 0.319 e. The highest BCUT2D eigenvalue weighted by Gasteiger charge is 2.03. The van der Waals surface area contributed by atoms with Gasteiger partial charge in [0.25, 0.3) is 0 Å². The van der Waals surface area contributed by atoms with E-state index >= 15 is 0 Å². The van der Waals surface area contributed by atoms with Gasteiger partial charge >= 0.3 is 6.03 Å².